The molecule has 2 aromatic heterocycles. The molecule has 2 aliphatic rings. The average molecular weight is 397 g/mol. The van der Waals surface area contributed by atoms with Crippen molar-refractivity contribution in [3.8, 4) is 0 Å². The molecule has 29 heavy (non-hydrogen) atoms. The number of aromatic amines is 1. The van der Waals surface area contributed by atoms with Crippen LogP contribution in [0.2, 0.25) is 0 Å². The number of aromatic nitrogens is 3. The molecular formula is C21H23N3O5. The summed E-state index contributed by atoms with van der Waals surface area (Å²) in [4.78, 5) is 26.1. The first-order valence-corrected chi connectivity index (χ1v) is 9.89. The number of rotatable bonds is 4. The molecule has 1 aliphatic carbocycles. The third-order valence-corrected chi connectivity index (χ3v) is 6.25. The summed E-state index contributed by atoms with van der Waals surface area (Å²) in [5, 5.41) is 14.6. The van der Waals surface area contributed by atoms with Gasteiger partial charge in [0.2, 0.25) is 0 Å². The molecule has 3 heterocycles. The molecule has 1 atom stereocenters. The normalized spacial score (nSPS) is 22.6. The summed E-state index contributed by atoms with van der Waals surface area (Å²) in [5.41, 5.74) is 1.36. The van der Waals surface area contributed by atoms with E-state index in [0.29, 0.717) is 24.6 Å². The van der Waals surface area contributed by atoms with E-state index in [2.05, 4.69) is 40.6 Å². The van der Waals surface area contributed by atoms with Crippen molar-refractivity contribution in [2.75, 3.05) is 6.61 Å². The number of nitrogens with one attached hydrogen (secondary N) is 1. The molecule has 1 saturated heterocycles. The Bertz CT molecular complexity index is 1160. The molecule has 8 nitrogen and oxygen atoms in total. The monoisotopic (exact) mass is 397 g/mol. The molecule has 0 radical (unpaired) electrons. The molecule has 0 bridgehead atoms. The van der Waals surface area contributed by atoms with Crippen LogP contribution in [0.15, 0.2) is 33.6 Å². The summed E-state index contributed by atoms with van der Waals surface area (Å²) in [6.45, 7) is 4.93. The smallest absolute Gasteiger partial charge is 0.438 e. The van der Waals surface area contributed by atoms with Crippen molar-refractivity contribution in [1.82, 2.24) is 14.7 Å². The molecule has 8 heteroatoms. The van der Waals surface area contributed by atoms with Gasteiger partial charge in [0, 0.05) is 17.5 Å². The summed E-state index contributed by atoms with van der Waals surface area (Å²) >= 11 is 0. The van der Waals surface area contributed by atoms with Crippen LogP contribution in [0, 0.1) is 0 Å². The Balaban J connectivity index is 1.63. The highest BCUT2D eigenvalue weighted by Crippen LogP contribution is 2.50. The average Bonchev–Trinajstić information content (AvgIpc) is 3.17. The first-order valence-electron chi connectivity index (χ1n) is 9.89. The number of carboxylic acids is 1. The largest absolute Gasteiger partial charge is 0.477 e. The summed E-state index contributed by atoms with van der Waals surface area (Å²) in [6.07, 6.45) is 3.26. The molecule has 0 amide bonds. The first-order chi connectivity index (χ1) is 13.8. The van der Waals surface area contributed by atoms with Crippen LogP contribution in [0.4, 0.5) is 0 Å². The second-order valence-corrected chi connectivity index (χ2v) is 8.76. The van der Waals surface area contributed by atoms with Crippen molar-refractivity contribution in [2.45, 2.75) is 56.6 Å². The Morgan fingerprint density at radius 3 is 2.72 bits per heavy atom. The molecule has 3 aromatic rings. The van der Waals surface area contributed by atoms with Crippen LogP contribution in [-0.4, -0.2) is 38.0 Å². The molecule has 0 spiro atoms. The number of carboxylic acid groups (broad SMARTS) is 1. The fraction of sp³-hybridized carbons (Fsp3) is 0.476. The van der Waals surface area contributed by atoms with Crippen LogP contribution >= 0.6 is 0 Å². The van der Waals surface area contributed by atoms with E-state index in [0.717, 1.165) is 30.4 Å². The molecular weight excluding hydrogens is 374 g/mol. The van der Waals surface area contributed by atoms with Gasteiger partial charge in [-0.15, -0.1) is 0 Å². The van der Waals surface area contributed by atoms with Crippen LogP contribution in [0.25, 0.3) is 10.9 Å². The van der Waals surface area contributed by atoms with Crippen molar-refractivity contribution in [3.05, 3.63) is 51.9 Å². The number of hydrogen-bond acceptors (Lipinski definition) is 5. The van der Waals surface area contributed by atoms with Gasteiger partial charge in [0.25, 0.3) is 0 Å². The fourth-order valence-electron chi connectivity index (χ4n) is 4.74. The standard InChI is InChI=1S/C21H23N3O5/c1-20(2)11-13(5-8-28-20)12-3-4-15-14(9-12)10-16(17(25)26)24(15)21(6-7-21)18-22-19(27)29-23-18/h3-4,9-10,13H,5-8,11H2,1-2H3,(H,25,26)(H,22,23,27)/t13-/m0/s1. The van der Waals surface area contributed by atoms with E-state index >= 15 is 0 Å². The predicted octanol–water partition coefficient (Wildman–Crippen LogP) is 3.23. The van der Waals surface area contributed by atoms with Crippen LogP contribution < -0.4 is 5.76 Å². The number of nitrogens with zero attached hydrogens (tertiary/aromatic N) is 2. The Morgan fingerprint density at radius 1 is 1.31 bits per heavy atom. The Kier molecular flexibility index (Phi) is 3.80. The maximum absolute atomic E-state index is 12.0. The van der Waals surface area contributed by atoms with Gasteiger partial charge in [-0.1, -0.05) is 11.2 Å². The highest BCUT2D eigenvalue weighted by Gasteiger charge is 2.52. The number of hydrogen-bond donors (Lipinski definition) is 2. The number of aromatic carboxylic acids is 1. The lowest BCUT2D eigenvalue weighted by atomic mass is 9.83. The highest BCUT2D eigenvalue weighted by atomic mass is 16.5. The van der Waals surface area contributed by atoms with Crippen molar-refractivity contribution in [3.63, 3.8) is 0 Å². The van der Waals surface area contributed by atoms with Gasteiger partial charge in [-0.3, -0.25) is 9.51 Å². The summed E-state index contributed by atoms with van der Waals surface area (Å²) in [6, 6.07) is 7.87. The first kappa shape index (κ1) is 18.2. The van der Waals surface area contributed by atoms with E-state index in [9.17, 15) is 14.7 Å². The molecule has 152 valence electrons. The lowest BCUT2D eigenvalue weighted by Gasteiger charge is -2.35. The van der Waals surface area contributed by atoms with E-state index in [4.69, 9.17) is 4.74 Å². The SMILES string of the molecule is CC1(C)C[C@@H](c2ccc3c(c2)cc(C(=O)O)n3C2(c3noc(=O)[nH]3)CC2)CCO1. The van der Waals surface area contributed by atoms with Crippen LogP contribution in [0.5, 0.6) is 0 Å². The van der Waals surface area contributed by atoms with Crippen molar-refractivity contribution < 1.29 is 19.2 Å². The van der Waals surface area contributed by atoms with E-state index in [-0.39, 0.29) is 11.3 Å². The van der Waals surface area contributed by atoms with Crippen molar-refractivity contribution in [2.24, 2.45) is 0 Å². The Labute approximate surface area is 166 Å². The number of benzene rings is 1. The molecule has 5 rings (SSSR count). The van der Waals surface area contributed by atoms with Gasteiger partial charge in [0.15, 0.2) is 5.82 Å². The van der Waals surface area contributed by atoms with Gasteiger partial charge in [-0.25, -0.2) is 9.59 Å². The van der Waals surface area contributed by atoms with E-state index < -0.39 is 17.3 Å². The molecule has 1 saturated carbocycles. The maximum atomic E-state index is 12.0. The zero-order chi connectivity index (χ0) is 20.4. The van der Waals surface area contributed by atoms with E-state index in [1.165, 1.54) is 5.56 Å². The van der Waals surface area contributed by atoms with Gasteiger partial charge in [-0.05, 0) is 69.2 Å². The summed E-state index contributed by atoms with van der Waals surface area (Å²) < 4.78 is 12.3. The quantitative estimate of drug-likeness (QED) is 0.699. The van der Waals surface area contributed by atoms with Crippen LogP contribution in [0.1, 0.15) is 67.3 Å². The third-order valence-electron chi connectivity index (χ3n) is 6.25. The lowest BCUT2D eigenvalue weighted by molar-refractivity contribution is -0.0592. The minimum absolute atomic E-state index is 0.160. The minimum Gasteiger partial charge on any atom is -0.477 e. The van der Waals surface area contributed by atoms with Gasteiger partial charge < -0.3 is 14.4 Å². The van der Waals surface area contributed by atoms with E-state index in [1.54, 1.807) is 10.6 Å². The minimum atomic E-state index is -1.01. The van der Waals surface area contributed by atoms with Gasteiger partial charge >= 0.3 is 11.7 Å². The van der Waals surface area contributed by atoms with Gasteiger partial charge in [0.1, 0.15) is 11.2 Å². The zero-order valence-corrected chi connectivity index (χ0v) is 16.4. The van der Waals surface area contributed by atoms with Gasteiger partial charge in [0.05, 0.1) is 5.60 Å². The highest BCUT2D eigenvalue weighted by molar-refractivity contribution is 5.95. The molecule has 0 unspecified atom stereocenters. The number of H-pyrrole nitrogens is 1. The molecule has 1 aromatic carbocycles. The number of fused-ring (bicyclic) bond motifs is 1. The summed E-state index contributed by atoms with van der Waals surface area (Å²) in [7, 11) is 0. The lowest BCUT2D eigenvalue weighted by Crippen LogP contribution is -2.32. The number of carbonyl (C=O) groups is 1. The maximum Gasteiger partial charge on any atom is 0.438 e. The second-order valence-electron chi connectivity index (χ2n) is 8.76. The number of ether oxygens (including phenoxy) is 1. The van der Waals surface area contributed by atoms with Gasteiger partial charge in [-0.2, -0.15) is 0 Å². The molecule has 2 N–H and O–H groups in total. The third kappa shape index (κ3) is 2.90. The molecule has 1 aliphatic heterocycles. The van der Waals surface area contributed by atoms with Crippen molar-refractivity contribution in [1.29, 1.82) is 0 Å². The van der Waals surface area contributed by atoms with Crippen LogP contribution in [0.3, 0.4) is 0 Å². The van der Waals surface area contributed by atoms with Crippen molar-refractivity contribution >= 4 is 16.9 Å². The van der Waals surface area contributed by atoms with Crippen LogP contribution in [-0.2, 0) is 10.3 Å². The predicted molar refractivity (Wildman–Crippen MR) is 104 cm³/mol. The Morgan fingerprint density at radius 2 is 2.10 bits per heavy atom. The summed E-state index contributed by atoms with van der Waals surface area (Å²) in [5.74, 6) is -0.893. The topological polar surface area (TPSA) is 110 Å². The van der Waals surface area contributed by atoms with E-state index in [1.807, 2.05) is 6.07 Å². The molecule has 2 fully saturated rings. The fourth-order valence-corrected chi connectivity index (χ4v) is 4.74. The Hall–Kier alpha value is -2.87. The second kappa shape index (κ2) is 6.06. The zero-order valence-electron chi connectivity index (χ0n) is 16.4.